The third-order valence-corrected chi connectivity index (χ3v) is 11.4. The number of halogens is 1. The van der Waals surface area contributed by atoms with Crippen LogP contribution in [0.2, 0.25) is 5.02 Å². The van der Waals surface area contributed by atoms with Crippen molar-refractivity contribution in [2.75, 3.05) is 4.90 Å². The van der Waals surface area contributed by atoms with Crippen LogP contribution in [0.4, 0.5) is 17.1 Å². The quantitative estimate of drug-likeness (QED) is 0.158. The molecule has 2 heteroatoms. The molecule has 0 saturated heterocycles. The second kappa shape index (κ2) is 13.6. The molecule has 0 fully saturated rings. The summed E-state index contributed by atoms with van der Waals surface area (Å²) in [6, 6.07) is 78.7. The highest BCUT2D eigenvalue weighted by atomic mass is 35.5. The van der Waals surface area contributed by atoms with Crippen molar-refractivity contribution < 1.29 is 0 Å². The number of benzene rings is 9. The van der Waals surface area contributed by atoms with Gasteiger partial charge >= 0.3 is 0 Å². The Morgan fingerprint density at radius 3 is 1.60 bits per heavy atom. The van der Waals surface area contributed by atoms with Gasteiger partial charge in [0.25, 0.3) is 0 Å². The Bertz CT molecular complexity index is 2770. The number of hydrogen-bond acceptors (Lipinski definition) is 1. The number of hydrogen-bond donors (Lipinski definition) is 0. The summed E-state index contributed by atoms with van der Waals surface area (Å²) in [5.74, 6) is 0. The first-order valence-corrected chi connectivity index (χ1v) is 19.2. The molecule has 0 spiro atoms. The van der Waals surface area contributed by atoms with E-state index in [1.807, 2.05) is 0 Å². The second-order valence-electron chi connectivity index (χ2n) is 14.2. The molecule has 10 rings (SSSR count). The molecule has 0 unspecified atom stereocenters. The van der Waals surface area contributed by atoms with Crippen LogP contribution in [-0.2, 0) is 5.41 Å². The lowest BCUT2D eigenvalue weighted by atomic mass is 9.67. The van der Waals surface area contributed by atoms with Crippen molar-refractivity contribution in [3.8, 4) is 33.4 Å². The van der Waals surface area contributed by atoms with Crippen molar-refractivity contribution in [1.82, 2.24) is 0 Å². The average molecular weight is 722 g/mol. The van der Waals surface area contributed by atoms with E-state index < -0.39 is 5.41 Å². The van der Waals surface area contributed by atoms with E-state index in [9.17, 15) is 0 Å². The summed E-state index contributed by atoms with van der Waals surface area (Å²) in [6.07, 6.45) is 0. The van der Waals surface area contributed by atoms with Crippen molar-refractivity contribution in [3.63, 3.8) is 0 Å². The molecule has 9 aromatic carbocycles. The van der Waals surface area contributed by atoms with Gasteiger partial charge in [-0.3, -0.25) is 0 Å². The lowest BCUT2D eigenvalue weighted by molar-refractivity contribution is 0.769. The van der Waals surface area contributed by atoms with E-state index in [1.54, 1.807) is 0 Å². The van der Waals surface area contributed by atoms with Crippen LogP contribution in [0, 0.1) is 0 Å². The van der Waals surface area contributed by atoms with E-state index in [0.29, 0.717) is 5.02 Å². The van der Waals surface area contributed by atoms with Crippen molar-refractivity contribution in [2.45, 2.75) is 5.41 Å². The number of fused-ring (bicyclic) bond motifs is 5. The van der Waals surface area contributed by atoms with Crippen molar-refractivity contribution in [1.29, 1.82) is 0 Å². The molecule has 0 bridgehead atoms. The Kier molecular flexibility index (Phi) is 8.16. The van der Waals surface area contributed by atoms with Gasteiger partial charge in [0.15, 0.2) is 0 Å². The topological polar surface area (TPSA) is 3.24 Å². The van der Waals surface area contributed by atoms with E-state index in [2.05, 4.69) is 223 Å². The van der Waals surface area contributed by atoms with Crippen LogP contribution in [0.15, 0.2) is 218 Å². The predicted octanol–water partition coefficient (Wildman–Crippen LogP) is 14.7. The summed E-state index contributed by atoms with van der Waals surface area (Å²) in [5, 5.41) is 3.10. The van der Waals surface area contributed by atoms with E-state index in [4.69, 9.17) is 11.6 Å². The third-order valence-electron chi connectivity index (χ3n) is 11.1. The molecule has 0 aliphatic heterocycles. The molecule has 0 radical (unpaired) electrons. The van der Waals surface area contributed by atoms with Gasteiger partial charge in [-0.15, -0.1) is 0 Å². The van der Waals surface area contributed by atoms with Crippen LogP contribution < -0.4 is 4.90 Å². The SMILES string of the molecule is Clc1cc(-c2cc3c(c4ccccc24)-c2ccccc2C3(c2ccccc2)c2ccccc2)cc(N(c2ccccc2)c2cccc(-c3ccccc3)c2)c1. The Morgan fingerprint density at radius 1 is 0.345 bits per heavy atom. The molecule has 0 atom stereocenters. The van der Waals surface area contributed by atoms with Crippen LogP contribution in [-0.4, -0.2) is 0 Å². The average Bonchev–Trinajstić information content (AvgIpc) is 3.56. The molecular formula is C53H36ClN. The lowest BCUT2D eigenvalue weighted by Gasteiger charge is -2.34. The molecule has 1 aliphatic rings. The first-order valence-electron chi connectivity index (χ1n) is 18.8. The number of para-hydroxylation sites is 1. The summed E-state index contributed by atoms with van der Waals surface area (Å²) >= 11 is 7.21. The predicted molar refractivity (Wildman–Crippen MR) is 232 cm³/mol. The van der Waals surface area contributed by atoms with Crippen LogP contribution in [0.5, 0.6) is 0 Å². The van der Waals surface area contributed by atoms with Gasteiger partial charge in [0, 0.05) is 22.1 Å². The molecule has 0 N–H and O–H groups in total. The summed E-state index contributed by atoms with van der Waals surface area (Å²) < 4.78 is 0. The Balaban J connectivity index is 1.24. The van der Waals surface area contributed by atoms with Gasteiger partial charge in [0.2, 0.25) is 0 Å². The number of anilines is 3. The fourth-order valence-electron chi connectivity index (χ4n) is 8.88. The second-order valence-corrected chi connectivity index (χ2v) is 14.6. The van der Waals surface area contributed by atoms with Crippen LogP contribution in [0.25, 0.3) is 44.2 Å². The number of rotatable bonds is 7. The van der Waals surface area contributed by atoms with E-state index in [-0.39, 0.29) is 0 Å². The maximum Gasteiger partial charge on any atom is 0.0714 e. The summed E-state index contributed by atoms with van der Waals surface area (Å²) in [4.78, 5) is 2.31. The molecule has 0 saturated carbocycles. The van der Waals surface area contributed by atoms with Crippen LogP contribution in [0.3, 0.4) is 0 Å². The van der Waals surface area contributed by atoms with Crippen molar-refractivity contribution in [2.24, 2.45) is 0 Å². The zero-order chi connectivity index (χ0) is 36.8. The third kappa shape index (κ3) is 5.47. The Hall–Kier alpha value is -6.67. The standard InChI is InChI=1S/C53H36ClN/c54-42-32-39(34-45(35-42)55(43-25-11-4-12-26-43)44-27-17-20-38(33-44)37-18-5-1-6-19-37)49-36-51-52(47-29-14-13-28-46(47)49)48-30-15-16-31-50(48)53(51,40-21-7-2-8-22-40)41-23-9-3-10-24-41/h1-36H. The Morgan fingerprint density at radius 2 is 0.891 bits per heavy atom. The van der Waals surface area contributed by atoms with Gasteiger partial charge in [-0.1, -0.05) is 181 Å². The highest BCUT2D eigenvalue weighted by Gasteiger charge is 2.47. The molecule has 0 aromatic heterocycles. The van der Waals surface area contributed by atoms with Gasteiger partial charge in [-0.25, -0.2) is 0 Å². The molecule has 9 aromatic rings. The molecular weight excluding hydrogens is 686 g/mol. The molecule has 0 amide bonds. The minimum Gasteiger partial charge on any atom is -0.310 e. The highest BCUT2D eigenvalue weighted by molar-refractivity contribution is 6.31. The monoisotopic (exact) mass is 721 g/mol. The summed E-state index contributed by atoms with van der Waals surface area (Å²) in [5.41, 5.74) is 14.7. The molecule has 1 nitrogen and oxygen atoms in total. The maximum atomic E-state index is 7.21. The smallest absolute Gasteiger partial charge is 0.0714 e. The van der Waals surface area contributed by atoms with Gasteiger partial charge in [-0.2, -0.15) is 0 Å². The molecule has 55 heavy (non-hydrogen) atoms. The van der Waals surface area contributed by atoms with Gasteiger partial charge in [0.1, 0.15) is 0 Å². The van der Waals surface area contributed by atoms with E-state index in [0.717, 1.165) is 33.8 Å². The van der Waals surface area contributed by atoms with Gasteiger partial charge < -0.3 is 4.90 Å². The zero-order valence-corrected chi connectivity index (χ0v) is 30.9. The van der Waals surface area contributed by atoms with Gasteiger partial charge in [0.05, 0.1) is 5.41 Å². The van der Waals surface area contributed by atoms with Crippen molar-refractivity contribution in [3.05, 3.63) is 246 Å². The summed E-state index contributed by atoms with van der Waals surface area (Å²) in [7, 11) is 0. The highest BCUT2D eigenvalue weighted by Crippen LogP contribution is 2.59. The molecule has 1 aliphatic carbocycles. The van der Waals surface area contributed by atoms with E-state index >= 15 is 0 Å². The summed E-state index contributed by atoms with van der Waals surface area (Å²) in [6.45, 7) is 0. The lowest BCUT2D eigenvalue weighted by Crippen LogP contribution is -2.28. The van der Waals surface area contributed by atoms with Crippen LogP contribution in [0.1, 0.15) is 22.3 Å². The van der Waals surface area contributed by atoms with Gasteiger partial charge in [-0.05, 0) is 115 Å². The normalized spacial score (nSPS) is 12.6. The first kappa shape index (κ1) is 32.9. The molecule has 0 heterocycles. The first-order chi connectivity index (χ1) is 27.2. The van der Waals surface area contributed by atoms with Crippen molar-refractivity contribution >= 4 is 39.4 Å². The minimum absolute atomic E-state index is 0.525. The fraction of sp³-hybridized carbons (Fsp3) is 0.0189. The van der Waals surface area contributed by atoms with Crippen LogP contribution >= 0.6 is 11.6 Å². The molecule has 260 valence electrons. The maximum absolute atomic E-state index is 7.21. The minimum atomic E-state index is -0.525. The largest absolute Gasteiger partial charge is 0.310 e. The Labute approximate surface area is 327 Å². The van der Waals surface area contributed by atoms with E-state index in [1.165, 1.54) is 49.7 Å². The number of nitrogens with zero attached hydrogens (tertiary/aromatic N) is 1. The fourth-order valence-corrected chi connectivity index (χ4v) is 9.11. The zero-order valence-electron chi connectivity index (χ0n) is 30.1.